The number of carbonyl (C=O) groups is 2. The van der Waals surface area contributed by atoms with Gasteiger partial charge in [0.05, 0.1) is 10.7 Å². The third-order valence-corrected chi connectivity index (χ3v) is 5.71. The summed E-state index contributed by atoms with van der Waals surface area (Å²) in [6, 6.07) is 2.04. The summed E-state index contributed by atoms with van der Waals surface area (Å²) in [5, 5.41) is 8.95. The number of nitrogens with one attached hydrogen (secondary N) is 2. The maximum Gasteiger partial charge on any atom is 0.317 e. The molecule has 1 aliphatic rings. The van der Waals surface area contributed by atoms with Crippen molar-refractivity contribution in [3.05, 3.63) is 27.8 Å². The molecule has 0 aliphatic carbocycles. The van der Waals surface area contributed by atoms with E-state index in [0.29, 0.717) is 19.6 Å². The van der Waals surface area contributed by atoms with Crippen LogP contribution in [0, 0.1) is 20.8 Å². The van der Waals surface area contributed by atoms with Crippen molar-refractivity contribution in [3.8, 4) is 11.3 Å². The van der Waals surface area contributed by atoms with Crippen LogP contribution in [0.4, 0.5) is 4.79 Å². The van der Waals surface area contributed by atoms with Gasteiger partial charge in [-0.25, -0.2) is 9.78 Å². The first-order chi connectivity index (χ1) is 12.9. The second-order valence-electron chi connectivity index (χ2n) is 6.96. The van der Waals surface area contributed by atoms with Crippen LogP contribution in [0.3, 0.4) is 0 Å². The molecule has 0 saturated carbocycles. The first kappa shape index (κ1) is 19.4. The Balaban J connectivity index is 1.62. The number of hydrogen-bond acceptors (Lipinski definition) is 4. The van der Waals surface area contributed by atoms with E-state index < -0.39 is 0 Å². The highest BCUT2D eigenvalue weighted by atomic mass is 32.1. The third-order valence-electron chi connectivity index (χ3n) is 4.94. The van der Waals surface area contributed by atoms with E-state index in [9.17, 15) is 9.59 Å². The van der Waals surface area contributed by atoms with Gasteiger partial charge in [-0.15, -0.1) is 11.3 Å². The van der Waals surface area contributed by atoms with Crippen molar-refractivity contribution in [3.63, 3.8) is 0 Å². The van der Waals surface area contributed by atoms with Crippen LogP contribution in [0.15, 0.2) is 11.4 Å². The molecule has 0 bridgehead atoms. The molecule has 0 aromatic carbocycles. The topological polar surface area (TPSA) is 79.3 Å². The van der Waals surface area contributed by atoms with Crippen LogP contribution in [0.25, 0.3) is 11.3 Å². The Morgan fingerprint density at radius 3 is 2.78 bits per heavy atom. The van der Waals surface area contributed by atoms with Gasteiger partial charge < -0.3 is 20.1 Å². The molecule has 2 aromatic rings. The lowest BCUT2D eigenvalue weighted by atomic mass is 10.2. The van der Waals surface area contributed by atoms with Gasteiger partial charge in [0.2, 0.25) is 5.91 Å². The zero-order valence-electron chi connectivity index (χ0n) is 16.3. The van der Waals surface area contributed by atoms with Gasteiger partial charge in [-0.3, -0.25) is 4.79 Å². The highest BCUT2D eigenvalue weighted by Gasteiger charge is 2.27. The van der Waals surface area contributed by atoms with Gasteiger partial charge in [0.15, 0.2) is 0 Å². The molecule has 0 radical (unpaired) electrons. The maximum atomic E-state index is 12.6. The molecule has 7 nitrogen and oxygen atoms in total. The standard InChI is InChI=1S/C19H27N5O2S/c1-5-20-19(26)23-7-6-15(9-23)22-18(25)10-24-12(2)8-16(13(24)3)17-11-27-14(4)21-17/h8,11,15H,5-7,9-10H2,1-4H3,(H,20,26)(H,22,25)/t15-/m0/s1. The van der Waals surface area contributed by atoms with E-state index in [1.165, 1.54) is 0 Å². The fourth-order valence-corrected chi connectivity index (χ4v) is 4.15. The molecule has 2 aromatic heterocycles. The van der Waals surface area contributed by atoms with Crippen LogP contribution in [0.5, 0.6) is 0 Å². The zero-order chi connectivity index (χ0) is 19.6. The number of amides is 3. The lowest BCUT2D eigenvalue weighted by Gasteiger charge is -2.18. The lowest BCUT2D eigenvalue weighted by Crippen LogP contribution is -2.42. The molecule has 27 heavy (non-hydrogen) atoms. The van der Waals surface area contributed by atoms with Crippen molar-refractivity contribution in [1.29, 1.82) is 0 Å². The van der Waals surface area contributed by atoms with Crippen LogP contribution in [-0.4, -0.2) is 52.1 Å². The van der Waals surface area contributed by atoms with Gasteiger partial charge in [-0.1, -0.05) is 0 Å². The Morgan fingerprint density at radius 2 is 2.11 bits per heavy atom. The van der Waals surface area contributed by atoms with Crippen molar-refractivity contribution in [1.82, 2.24) is 25.1 Å². The fraction of sp³-hybridized carbons (Fsp3) is 0.526. The van der Waals surface area contributed by atoms with Crippen LogP contribution >= 0.6 is 11.3 Å². The summed E-state index contributed by atoms with van der Waals surface area (Å²) in [6.45, 7) is 10.0. The summed E-state index contributed by atoms with van der Waals surface area (Å²) >= 11 is 1.63. The van der Waals surface area contributed by atoms with Gasteiger partial charge in [0.1, 0.15) is 6.54 Å². The lowest BCUT2D eigenvalue weighted by molar-refractivity contribution is -0.122. The fourth-order valence-electron chi connectivity index (χ4n) is 3.53. The van der Waals surface area contributed by atoms with Gasteiger partial charge in [-0.2, -0.15) is 0 Å². The average Bonchev–Trinajstić information content (AvgIpc) is 3.31. The molecule has 3 amide bonds. The number of rotatable bonds is 5. The molecule has 1 saturated heterocycles. The Morgan fingerprint density at radius 1 is 1.33 bits per heavy atom. The summed E-state index contributed by atoms with van der Waals surface area (Å²) in [7, 11) is 0. The van der Waals surface area contributed by atoms with Gasteiger partial charge in [0.25, 0.3) is 0 Å². The Hall–Kier alpha value is -2.35. The minimum absolute atomic E-state index is 0.0111. The highest BCUT2D eigenvalue weighted by Crippen LogP contribution is 2.27. The number of nitrogens with zero attached hydrogens (tertiary/aromatic N) is 3. The number of thiazole rings is 1. The number of carbonyl (C=O) groups excluding carboxylic acids is 2. The van der Waals surface area contributed by atoms with Gasteiger partial charge in [-0.05, 0) is 40.2 Å². The van der Waals surface area contributed by atoms with Crippen LogP contribution < -0.4 is 10.6 Å². The largest absolute Gasteiger partial charge is 0.350 e. The molecule has 0 spiro atoms. The normalized spacial score (nSPS) is 16.6. The molecule has 146 valence electrons. The molecule has 1 atom stereocenters. The summed E-state index contributed by atoms with van der Waals surface area (Å²) in [6.07, 6.45) is 0.788. The van der Waals surface area contributed by atoms with E-state index in [2.05, 4.69) is 27.1 Å². The minimum Gasteiger partial charge on any atom is -0.350 e. The van der Waals surface area contributed by atoms with Gasteiger partial charge >= 0.3 is 6.03 Å². The van der Waals surface area contributed by atoms with E-state index in [-0.39, 0.29) is 24.5 Å². The predicted octanol–water partition coefficient (Wildman–Crippen LogP) is 2.46. The number of aryl methyl sites for hydroxylation is 2. The maximum absolute atomic E-state index is 12.6. The minimum atomic E-state index is -0.0606. The van der Waals surface area contributed by atoms with E-state index >= 15 is 0 Å². The van der Waals surface area contributed by atoms with Crippen LogP contribution in [0.2, 0.25) is 0 Å². The summed E-state index contributed by atoms with van der Waals surface area (Å²) < 4.78 is 2.02. The van der Waals surface area contributed by atoms with E-state index in [1.807, 2.05) is 32.3 Å². The Bertz CT molecular complexity index is 841. The van der Waals surface area contributed by atoms with Crippen LogP contribution in [-0.2, 0) is 11.3 Å². The molecule has 2 N–H and O–H groups in total. The van der Waals surface area contributed by atoms with Crippen molar-refractivity contribution >= 4 is 23.3 Å². The smallest absolute Gasteiger partial charge is 0.317 e. The first-order valence-electron chi connectivity index (χ1n) is 9.30. The SMILES string of the molecule is CCNC(=O)N1CC[C@H](NC(=O)Cn2c(C)cc(-c3csc(C)n3)c2C)C1. The summed E-state index contributed by atoms with van der Waals surface area (Å²) in [5.74, 6) is -0.0273. The molecule has 3 heterocycles. The molecule has 3 rings (SSSR count). The van der Waals surface area contributed by atoms with Crippen molar-refractivity contribution in [2.45, 2.75) is 46.7 Å². The molecular weight excluding hydrogens is 362 g/mol. The predicted molar refractivity (Wildman–Crippen MR) is 107 cm³/mol. The number of aromatic nitrogens is 2. The molecular formula is C19H27N5O2S. The van der Waals surface area contributed by atoms with Gasteiger partial charge in [0, 0.05) is 48.0 Å². The Labute approximate surface area is 163 Å². The Kier molecular flexibility index (Phi) is 5.84. The molecule has 1 fully saturated rings. The van der Waals surface area contributed by atoms with Crippen molar-refractivity contribution in [2.75, 3.05) is 19.6 Å². The average molecular weight is 390 g/mol. The third kappa shape index (κ3) is 4.32. The number of hydrogen-bond donors (Lipinski definition) is 2. The zero-order valence-corrected chi connectivity index (χ0v) is 17.2. The molecule has 8 heteroatoms. The molecule has 1 aliphatic heterocycles. The summed E-state index contributed by atoms with van der Waals surface area (Å²) in [4.78, 5) is 30.8. The van der Waals surface area contributed by atoms with Crippen LogP contribution in [0.1, 0.15) is 29.7 Å². The van der Waals surface area contributed by atoms with Crippen molar-refractivity contribution < 1.29 is 9.59 Å². The number of likely N-dealkylation sites (tertiary alicyclic amines) is 1. The second-order valence-corrected chi connectivity index (χ2v) is 8.02. The van der Waals surface area contributed by atoms with Crippen molar-refractivity contribution in [2.24, 2.45) is 0 Å². The quantitative estimate of drug-likeness (QED) is 0.824. The van der Waals surface area contributed by atoms with E-state index in [4.69, 9.17) is 0 Å². The molecule has 0 unspecified atom stereocenters. The summed E-state index contributed by atoms with van der Waals surface area (Å²) in [5.41, 5.74) is 4.13. The monoisotopic (exact) mass is 389 g/mol. The first-order valence-corrected chi connectivity index (χ1v) is 10.2. The number of urea groups is 1. The highest BCUT2D eigenvalue weighted by molar-refractivity contribution is 7.09. The second kappa shape index (κ2) is 8.12. The van der Waals surface area contributed by atoms with E-state index in [0.717, 1.165) is 34.1 Å². The van der Waals surface area contributed by atoms with E-state index in [1.54, 1.807) is 16.2 Å².